The first-order chi connectivity index (χ1) is 11.4. The van der Waals surface area contributed by atoms with Crippen LogP contribution in [0, 0.1) is 19.8 Å². The molecule has 7 heteroatoms. The molecule has 1 aliphatic rings. The molecule has 2 aromatic rings. The summed E-state index contributed by atoms with van der Waals surface area (Å²) in [6.07, 6.45) is 1.27. The lowest BCUT2D eigenvalue weighted by atomic mass is 9.96. The lowest BCUT2D eigenvalue weighted by Gasteiger charge is -2.31. The van der Waals surface area contributed by atoms with Crippen LogP contribution in [0.3, 0.4) is 0 Å². The van der Waals surface area contributed by atoms with Gasteiger partial charge in [0.1, 0.15) is 0 Å². The maximum atomic E-state index is 13.0. The summed E-state index contributed by atoms with van der Waals surface area (Å²) >= 11 is 0. The highest BCUT2D eigenvalue weighted by Gasteiger charge is 2.29. The van der Waals surface area contributed by atoms with Crippen LogP contribution in [0.25, 0.3) is 11.0 Å². The molecule has 2 aromatic heterocycles. The van der Waals surface area contributed by atoms with Crippen LogP contribution in [-0.2, 0) is 16.6 Å². The van der Waals surface area contributed by atoms with Gasteiger partial charge in [-0.25, -0.2) is 4.98 Å². The Bertz CT molecular complexity index is 804. The van der Waals surface area contributed by atoms with Crippen molar-refractivity contribution in [3.63, 3.8) is 0 Å². The fraction of sp³-hybridized carbons (Fsp3) is 0.529. The van der Waals surface area contributed by atoms with Gasteiger partial charge >= 0.3 is 5.97 Å². The summed E-state index contributed by atoms with van der Waals surface area (Å²) in [5, 5.41) is 5.20. The number of aromatic nitrogens is 3. The number of rotatable bonds is 2. The Morgan fingerprint density at radius 1 is 1.25 bits per heavy atom. The van der Waals surface area contributed by atoms with E-state index in [1.807, 2.05) is 27.0 Å². The van der Waals surface area contributed by atoms with Gasteiger partial charge in [0.25, 0.3) is 5.91 Å². The van der Waals surface area contributed by atoms with E-state index in [1.165, 1.54) is 7.11 Å². The van der Waals surface area contributed by atoms with Crippen LogP contribution >= 0.6 is 0 Å². The maximum absolute atomic E-state index is 13.0. The first kappa shape index (κ1) is 16.4. The molecule has 0 spiro atoms. The number of methoxy groups -OCH3 is 1. The van der Waals surface area contributed by atoms with Crippen LogP contribution in [0.2, 0.25) is 0 Å². The third kappa shape index (κ3) is 2.74. The normalized spacial score (nSPS) is 15.8. The van der Waals surface area contributed by atoms with Gasteiger partial charge in [-0.15, -0.1) is 0 Å². The molecular formula is C17H22N4O3. The molecule has 3 rings (SSSR count). The van der Waals surface area contributed by atoms with Crippen LogP contribution in [0.1, 0.15) is 34.6 Å². The first-order valence-corrected chi connectivity index (χ1v) is 8.10. The summed E-state index contributed by atoms with van der Waals surface area (Å²) in [5.41, 5.74) is 2.95. The van der Waals surface area contributed by atoms with E-state index in [9.17, 15) is 9.59 Å². The number of nitrogens with zero attached hydrogens (tertiary/aromatic N) is 4. The van der Waals surface area contributed by atoms with Crippen LogP contribution in [0.15, 0.2) is 6.07 Å². The molecule has 0 atom stereocenters. The van der Waals surface area contributed by atoms with Gasteiger partial charge in [0.05, 0.1) is 29.7 Å². The summed E-state index contributed by atoms with van der Waals surface area (Å²) in [6, 6.07) is 1.83. The van der Waals surface area contributed by atoms with Crippen molar-refractivity contribution in [2.75, 3.05) is 20.2 Å². The predicted octanol–water partition coefficient (Wildman–Crippen LogP) is 1.61. The minimum Gasteiger partial charge on any atom is -0.469 e. The summed E-state index contributed by atoms with van der Waals surface area (Å²) in [6.45, 7) is 4.88. The van der Waals surface area contributed by atoms with Crippen LogP contribution in [-0.4, -0.2) is 51.7 Å². The predicted molar refractivity (Wildman–Crippen MR) is 88.6 cm³/mol. The Hall–Kier alpha value is -2.44. The zero-order chi connectivity index (χ0) is 17.4. The molecule has 7 nitrogen and oxygen atoms in total. The van der Waals surface area contributed by atoms with Gasteiger partial charge in [0.2, 0.25) is 0 Å². The molecule has 1 amide bonds. The number of carbonyl (C=O) groups excluding carboxylic acids is 2. The average molecular weight is 330 g/mol. The molecule has 1 fully saturated rings. The number of amides is 1. The second-order valence-corrected chi connectivity index (χ2v) is 6.31. The van der Waals surface area contributed by atoms with E-state index >= 15 is 0 Å². The highest BCUT2D eigenvalue weighted by molar-refractivity contribution is 6.06. The summed E-state index contributed by atoms with van der Waals surface area (Å²) in [4.78, 5) is 31.0. The molecule has 0 unspecified atom stereocenters. The second kappa shape index (κ2) is 6.22. The van der Waals surface area contributed by atoms with E-state index in [-0.39, 0.29) is 17.8 Å². The first-order valence-electron chi connectivity index (χ1n) is 8.10. The fourth-order valence-electron chi connectivity index (χ4n) is 3.39. The number of hydrogen-bond donors (Lipinski definition) is 0. The largest absolute Gasteiger partial charge is 0.469 e. The zero-order valence-corrected chi connectivity index (χ0v) is 14.5. The van der Waals surface area contributed by atoms with Crippen LogP contribution in [0.4, 0.5) is 0 Å². The smallest absolute Gasteiger partial charge is 0.308 e. The van der Waals surface area contributed by atoms with Crippen molar-refractivity contribution in [1.82, 2.24) is 19.7 Å². The number of pyridine rings is 1. The van der Waals surface area contributed by atoms with Gasteiger partial charge < -0.3 is 9.64 Å². The molecule has 24 heavy (non-hydrogen) atoms. The number of esters is 1. The van der Waals surface area contributed by atoms with Gasteiger partial charge in [-0.2, -0.15) is 5.10 Å². The minimum atomic E-state index is -0.188. The second-order valence-electron chi connectivity index (χ2n) is 6.31. The Kier molecular flexibility index (Phi) is 4.26. The number of piperidine rings is 1. The van der Waals surface area contributed by atoms with Gasteiger partial charge in [0.15, 0.2) is 5.65 Å². The van der Waals surface area contributed by atoms with Gasteiger partial charge in [-0.1, -0.05) is 0 Å². The third-order valence-corrected chi connectivity index (χ3v) is 4.64. The Labute approximate surface area is 140 Å². The lowest BCUT2D eigenvalue weighted by Crippen LogP contribution is -2.40. The summed E-state index contributed by atoms with van der Waals surface area (Å²) in [5.74, 6) is -0.323. The van der Waals surface area contributed by atoms with E-state index in [2.05, 4.69) is 10.1 Å². The minimum absolute atomic E-state index is 0.0232. The molecule has 0 N–H and O–H groups in total. The fourth-order valence-corrected chi connectivity index (χ4v) is 3.39. The van der Waals surface area contributed by atoms with E-state index in [4.69, 9.17) is 4.74 Å². The van der Waals surface area contributed by atoms with Crippen molar-refractivity contribution in [2.24, 2.45) is 13.0 Å². The van der Waals surface area contributed by atoms with E-state index in [1.54, 1.807) is 9.58 Å². The van der Waals surface area contributed by atoms with E-state index in [0.717, 1.165) is 22.4 Å². The summed E-state index contributed by atoms with van der Waals surface area (Å²) < 4.78 is 6.51. The molecule has 0 saturated carbocycles. The Morgan fingerprint density at radius 2 is 1.92 bits per heavy atom. The SMILES string of the molecule is COC(=O)C1CCN(C(=O)c2cc(C)nc3c2c(C)nn3C)CC1. The highest BCUT2D eigenvalue weighted by Crippen LogP contribution is 2.25. The van der Waals surface area contributed by atoms with Crippen LogP contribution < -0.4 is 0 Å². The summed E-state index contributed by atoms with van der Waals surface area (Å²) in [7, 11) is 3.24. The third-order valence-electron chi connectivity index (χ3n) is 4.64. The van der Waals surface area contributed by atoms with E-state index in [0.29, 0.717) is 31.5 Å². The van der Waals surface area contributed by atoms with Crippen molar-refractivity contribution >= 4 is 22.9 Å². The van der Waals surface area contributed by atoms with Gasteiger partial charge in [0, 0.05) is 25.8 Å². The highest BCUT2D eigenvalue weighted by atomic mass is 16.5. The number of fused-ring (bicyclic) bond motifs is 1. The van der Waals surface area contributed by atoms with Crippen molar-refractivity contribution in [1.29, 1.82) is 0 Å². The molecule has 128 valence electrons. The van der Waals surface area contributed by atoms with Crippen molar-refractivity contribution in [3.8, 4) is 0 Å². The standard InChI is InChI=1S/C17H22N4O3/c1-10-9-13(14-11(2)19-20(3)15(14)18-10)16(22)21-7-5-12(6-8-21)17(23)24-4/h9,12H,5-8H2,1-4H3. The quantitative estimate of drug-likeness (QED) is 0.782. The average Bonchev–Trinajstić information content (AvgIpc) is 2.87. The van der Waals surface area contributed by atoms with Gasteiger partial charge in [-0.3, -0.25) is 14.3 Å². The monoisotopic (exact) mass is 330 g/mol. The van der Waals surface area contributed by atoms with E-state index < -0.39 is 0 Å². The van der Waals surface area contributed by atoms with Crippen molar-refractivity contribution in [3.05, 3.63) is 23.0 Å². The molecule has 0 aliphatic carbocycles. The molecule has 3 heterocycles. The molecular weight excluding hydrogens is 308 g/mol. The molecule has 0 aromatic carbocycles. The number of aryl methyl sites for hydroxylation is 3. The Morgan fingerprint density at radius 3 is 2.54 bits per heavy atom. The van der Waals surface area contributed by atoms with Crippen LogP contribution in [0.5, 0.6) is 0 Å². The lowest BCUT2D eigenvalue weighted by molar-refractivity contribution is -0.146. The van der Waals surface area contributed by atoms with Crippen molar-refractivity contribution < 1.29 is 14.3 Å². The zero-order valence-electron chi connectivity index (χ0n) is 14.5. The number of likely N-dealkylation sites (tertiary alicyclic amines) is 1. The number of carbonyl (C=O) groups is 2. The molecule has 0 bridgehead atoms. The Balaban J connectivity index is 1.89. The molecule has 1 aliphatic heterocycles. The number of hydrogen-bond acceptors (Lipinski definition) is 5. The van der Waals surface area contributed by atoms with Crippen molar-refractivity contribution in [2.45, 2.75) is 26.7 Å². The molecule has 1 saturated heterocycles. The molecule has 0 radical (unpaired) electrons. The van der Waals surface area contributed by atoms with Gasteiger partial charge in [-0.05, 0) is 32.8 Å². The number of ether oxygens (including phenoxy) is 1. The maximum Gasteiger partial charge on any atom is 0.308 e. The topological polar surface area (TPSA) is 77.3 Å².